The van der Waals surface area contributed by atoms with Gasteiger partial charge in [-0.2, -0.15) is 5.10 Å². The largest absolute Gasteiger partial charge is 0.457 e. The maximum Gasteiger partial charge on any atom is 0.129 e. The van der Waals surface area contributed by atoms with Crippen molar-refractivity contribution in [3.8, 4) is 28.3 Å². The van der Waals surface area contributed by atoms with Gasteiger partial charge in [0, 0.05) is 35.1 Å². The highest BCUT2D eigenvalue weighted by Gasteiger charge is 2.33. The Morgan fingerprint density at radius 1 is 0.676 bits per heavy atom. The molecule has 4 aromatic carbocycles. The monoisotopic (exact) mass is 486 g/mol. The summed E-state index contributed by atoms with van der Waals surface area (Å²) in [5.74, 6) is 1.57. The number of anilines is 3. The molecule has 0 fully saturated rings. The van der Waals surface area contributed by atoms with Crippen molar-refractivity contribution in [2.75, 3.05) is 16.5 Å². The summed E-state index contributed by atoms with van der Waals surface area (Å²) < 4.78 is 8.22. The number of rotatable bonds is 5. The van der Waals surface area contributed by atoms with Crippen LogP contribution >= 0.6 is 0 Å². The van der Waals surface area contributed by atoms with Crippen LogP contribution in [-0.2, 0) is 0 Å². The lowest BCUT2D eigenvalue weighted by Gasteiger charge is -2.34. The zero-order valence-electron chi connectivity index (χ0n) is 21.4. The first-order valence-corrected chi connectivity index (χ1v) is 12.6. The van der Waals surface area contributed by atoms with Crippen molar-refractivity contribution in [2.24, 2.45) is 0 Å². The molecule has 1 aromatic heterocycles. The Morgan fingerprint density at radius 2 is 1.32 bits per heavy atom. The second-order valence-electron chi connectivity index (χ2n) is 10.3. The number of hydrogen-bond donors (Lipinski definition) is 0. The average molecular weight is 487 g/mol. The van der Waals surface area contributed by atoms with Crippen LogP contribution in [0.25, 0.3) is 16.8 Å². The Balaban J connectivity index is 1.25. The van der Waals surface area contributed by atoms with Gasteiger partial charge in [0.1, 0.15) is 11.5 Å². The van der Waals surface area contributed by atoms with Gasteiger partial charge in [-0.3, -0.25) is 0 Å². The molecule has 1 aliphatic rings. The Labute approximate surface area is 218 Å². The molecule has 0 unspecified atom stereocenters. The van der Waals surface area contributed by atoms with Crippen LogP contribution in [0.5, 0.6) is 11.5 Å². The second kappa shape index (κ2) is 9.17. The Hall–Kier alpha value is -4.51. The molecule has 0 bridgehead atoms. The summed E-state index contributed by atoms with van der Waals surface area (Å²) in [6, 6.07) is 35.2. The molecule has 0 radical (unpaired) electrons. The quantitative estimate of drug-likeness (QED) is 0.252. The fourth-order valence-electron chi connectivity index (χ4n) is 4.79. The molecule has 0 spiro atoms. The van der Waals surface area contributed by atoms with Gasteiger partial charge in [-0.25, -0.2) is 4.68 Å². The van der Waals surface area contributed by atoms with E-state index in [1.54, 1.807) is 0 Å². The van der Waals surface area contributed by atoms with Gasteiger partial charge in [0.25, 0.3) is 0 Å². The van der Waals surface area contributed by atoms with E-state index in [1.165, 1.54) is 11.4 Å². The Bertz CT molecular complexity index is 1530. The van der Waals surface area contributed by atoms with Crippen molar-refractivity contribution in [3.05, 3.63) is 116 Å². The Kier molecular flexibility index (Phi) is 5.68. The standard InChI is InChI=1S/C32H30N4O/c1-32(2,3)35-23-34(30-17-7-8-18-31(30)35)26-13-9-15-28(19-26)37-29-16-10-14-27(20-29)36-22-25(21-33-36)24-11-5-4-6-12-24/h4-22H,23H2,1-3H3. The number of nitrogens with zero attached hydrogens (tertiary/aromatic N) is 4. The lowest BCUT2D eigenvalue weighted by atomic mass is 10.1. The first-order chi connectivity index (χ1) is 18.0. The number of fused-ring (bicyclic) bond motifs is 1. The van der Waals surface area contributed by atoms with Crippen molar-refractivity contribution < 1.29 is 4.74 Å². The molecule has 5 aromatic rings. The molecule has 6 rings (SSSR count). The summed E-state index contributed by atoms with van der Waals surface area (Å²) in [6.45, 7) is 7.55. The predicted molar refractivity (Wildman–Crippen MR) is 151 cm³/mol. The van der Waals surface area contributed by atoms with Crippen LogP contribution in [0, 0.1) is 0 Å². The molecular weight excluding hydrogens is 456 g/mol. The minimum absolute atomic E-state index is 0.0201. The molecule has 1 aliphatic heterocycles. The van der Waals surface area contributed by atoms with Crippen LogP contribution in [0.15, 0.2) is 116 Å². The maximum absolute atomic E-state index is 6.33. The molecule has 0 atom stereocenters. The van der Waals surface area contributed by atoms with Crippen LogP contribution in [0.4, 0.5) is 17.1 Å². The van der Waals surface area contributed by atoms with E-state index in [-0.39, 0.29) is 5.54 Å². The van der Waals surface area contributed by atoms with Crippen LogP contribution in [0.3, 0.4) is 0 Å². The summed E-state index contributed by atoms with van der Waals surface area (Å²) in [5, 5.41) is 4.58. The highest BCUT2D eigenvalue weighted by molar-refractivity contribution is 5.83. The summed E-state index contributed by atoms with van der Waals surface area (Å²) in [7, 11) is 0. The molecule has 5 nitrogen and oxygen atoms in total. The van der Waals surface area contributed by atoms with E-state index < -0.39 is 0 Å². The number of para-hydroxylation sites is 2. The van der Waals surface area contributed by atoms with E-state index in [4.69, 9.17) is 4.74 Å². The number of aromatic nitrogens is 2. The third kappa shape index (κ3) is 4.56. The lowest BCUT2D eigenvalue weighted by molar-refractivity contribution is 0.482. The molecule has 0 aliphatic carbocycles. The van der Waals surface area contributed by atoms with Gasteiger partial charge in [-0.15, -0.1) is 0 Å². The summed E-state index contributed by atoms with van der Waals surface area (Å²) in [5.41, 5.74) is 6.76. The van der Waals surface area contributed by atoms with Gasteiger partial charge in [0.15, 0.2) is 0 Å². The first-order valence-electron chi connectivity index (χ1n) is 12.6. The molecular formula is C32H30N4O. The smallest absolute Gasteiger partial charge is 0.129 e. The number of benzene rings is 4. The van der Waals surface area contributed by atoms with Crippen molar-refractivity contribution in [3.63, 3.8) is 0 Å². The SMILES string of the molecule is CC(C)(C)N1CN(c2cccc(Oc3cccc(-n4cc(-c5ccccc5)cn4)c3)c2)c2ccccc21. The van der Waals surface area contributed by atoms with E-state index in [1.807, 2.05) is 65.6 Å². The van der Waals surface area contributed by atoms with Gasteiger partial charge in [0.2, 0.25) is 0 Å². The van der Waals surface area contributed by atoms with Gasteiger partial charge in [-0.05, 0) is 62.7 Å². The Morgan fingerprint density at radius 3 is 2.05 bits per heavy atom. The van der Waals surface area contributed by atoms with Crippen molar-refractivity contribution >= 4 is 17.1 Å². The van der Waals surface area contributed by atoms with Crippen LogP contribution in [0.1, 0.15) is 20.8 Å². The van der Waals surface area contributed by atoms with Crippen LogP contribution < -0.4 is 14.5 Å². The molecule has 0 N–H and O–H groups in total. The fourth-order valence-corrected chi connectivity index (χ4v) is 4.79. The van der Waals surface area contributed by atoms with Gasteiger partial charge in [0.05, 0.1) is 29.9 Å². The number of hydrogen-bond acceptors (Lipinski definition) is 4. The average Bonchev–Trinajstić information content (AvgIpc) is 3.56. The highest BCUT2D eigenvalue weighted by atomic mass is 16.5. The molecule has 0 saturated carbocycles. The number of ether oxygens (including phenoxy) is 1. The predicted octanol–water partition coefficient (Wildman–Crippen LogP) is 8.05. The normalized spacial score (nSPS) is 13.1. The van der Waals surface area contributed by atoms with Crippen molar-refractivity contribution in [1.29, 1.82) is 0 Å². The van der Waals surface area contributed by atoms with Crippen molar-refractivity contribution in [1.82, 2.24) is 9.78 Å². The van der Waals surface area contributed by atoms with E-state index >= 15 is 0 Å². The minimum atomic E-state index is 0.0201. The molecule has 5 heteroatoms. The topological polar surface area (TPSA) is 33.5 Å². The first kappa shape index (κ1) is 22.9. The lowest BCUT2D eigenvalue weighted by Crippen LogP contribution is -2.42. The van der Waals surface area contributed by atoms with Crippen LogP contribution in [0.2, 0.25) is 0 Å². The zero-order chi connectivity index (χ0) is 25.4. The van der Waals surface area contributed by atoms with E-state index in [2.05, 4.69) is 90.3 Å². The maximum atomic E-state index is 6.33. The second-order valence-corrected chi connectivity index (χ2v) is 10.3. The molecule has 37 heavy (non-hydrogen) atoms. The van der Waals surface area contributed by atoms with Crippen LogP contribution in [-0.4, -0.2) is 22.0 Å². The highest BCUT2D eigenvalue weighted by Crippen LogP contribution is 2.44. The molecule has 184 valence electrons. The molecule has 0 saturated heterocycles. The van der Waals surface area contributed by atoms with E-state index in [0.29, 0.717) is 0 Å². The summed E-state index contributed by atoms with van der Waals surface area (Å²) in [4.78, 5) is 4.78. The van der Waals surface area contributed by atoms with Gasteiger partial charge in [-0.1, -0.05) is 54.6 Å². The van der Waals surface area contributed by atoms with Crippen molar-refractivity contribution in [2.45, 2.75) is 26.3 Å². The fraction of sp³-hybridized carbons (Fsp3) is 0.156. The van der Waals surface area contributed by atoms with E-state index in [0.717, 1.165) is 40.7 Å². The van der Waals surface area contributed by atoms with Gasteiger partial charge >= 0.3 is 0 Å². The third-order valence-corrected chi connectivity index (χ3v) is 6.69. The third-order valence-electron chi connectivity index (χ3n) is 6.69. The summed E-state index contributed by atoms with van der Waals surface area (Å²) >= 11 is 0. The van der Waals surface area contributed by atoms with E-state index in [9.17, 15) is 0 Å². The molecule has 0 amide bonds. The van der Waals surface area contributed by atoms with Gasteiger partial charge < -0.3 is 14.5 Å². The summed E-state index contributed by atoms with van der Waals surface area (Å²) in [6.07, 6.45) is 3.93. The minimum Gasteiger partial charge on any atom is -0.457 e. The molecule has 2 heterocycles. The zero-order valence-corrected chi connectivity index (χ0v) is 21.4.